The first kappa shape index (κ1) is 13.2. The first-order chi connectivity index (χ1) is 6.41. The van der Waals surface area contributed by atoms with E-state index in [1.54, 1.807) is 13.0 Å². The lowest BCUT2D eigenvalue weighted by Gasteiger charge is -2.09. The van der Waals surface area contributed by atoms with Gasteiger partial charge in [0, 0.05) is 18.2 Å². The number of rotatable bonds is 6. The highest BCUT2D eigenvalue weighted by Gasteiger charge is 2.02. The van der Waals surface area contributed by atoms with Crippen LogP contribution in [0, 0.1) is 0 Å². The predicted molar refractivity (Wildman–Crippen MR) is 58.0 cm³/mol. The molecule has 0 aliphatic heterocycles. The number of allylic oxidation sites excluding steroid dienone is 2. The molecule has 0 fully saturated rings. The minimum atomic E-state index is -0.397. The third-order valence-electron chi connectivity index (χ3n) is 1.70. The van der Waals surface area contributed by atoms with Gasteiger partial charge in [-0.15, -0.1) is 0 Å². The Morgan fingerprint density at radius 3 is 2.43 bits per heavy atom. The fraction of sp³-hybridized carbons (Fsp3) is 0.727. The minimum absolute atomic E-state index is 0.0663. The van der Waals surface area contributed by atoms with Gasteiger partial charge in [-0.1, -0.05) is 0 Å². The second-order valence-electron chi connectivity index (χ2n) is 3.98. The van der Waals surface area contributed by atoms with Gasteiger partial charge in [-0.2, -0.15) is 0 Å². The maximum Gasteiger partial charge on any atom is 0.157 e. The fourth-order valence-corrected chi connectivity index (χ4v) is 1.16. The monoisotopic (exact) mass is 199 g/mol. The summed E-state index contributed by atoms with van der Waals surface area (Å²) in [5.74, 6) is 0.0663. The number of hydrogen-bond acceptors (Lipinski definition) is 3. The van der Waals surface area contributed by atoms with Gasteiger partial charge in [0.05, 0.1) is 6.10 Å². The van der Waals surface area contributed by atoms with Gasteiger partial charge in [0.25, 0.3) is 0 Å². The van der Waals surface area contributed by atoms with Crippen LogP contribution >= 0.6 is 0 Å². The van der Waals surface area contributed by atoms with Gasteiger partial charge in [0.2, 0.25) is 0 Å². The molecule has 0 rings (SSSR count). The molecule has 3 nitrogen and oxygen atoms in total. The lowest BCUT2D eigenvalue weighted by Crippen LogP contribution is -2.21. The predicted octanol–water partition coefficient (Wildman–Crippen LogP) is 1.62. The van der Waals surface area contributed by atoms with Gasteiger partial charge < -0.3 is 10.4 Å². The molecule has 0 aromatic heterocycles. The van der Waals surface area contributed by atoms with Crippen molar-refractivity contribution in [3.8, 4) is 0 Å². The quantitative estimate of drug-likeness (QED) is 0.639. The highest BCUT2D eigenvalue weighted by molar-refractivity contribution is 5.90. The van der Waals surface area contributed by atoms with E-state index in [1.165, 1.54) is 0 Å². The second kappa shape index (κ2) is 6.60. The van der Waals surface area contributed by atoms with Crippen molar-refractivity contribution in [1.82, 2.24) is 5.32 Å². The SMILES string of the molecule is C/C(=C/C(=O)CCC(C)O)NC(C)C. The van der Waals surface area contributed by atoms with E-state index in [2.05, 4.69) is 5.32 Å². The number of carbonyl (C=O) groups excluding carboxylic acids is 1. The van der Waals surface area contributed by atoms with Crippen LogP contribution in [0.4, 0.5) is 0 Å². The van der Waals surface area contributed by atoms with Crippen molar-refractivity contribution >= 4 is 5.78 Å². The zero-order valence-electron chi connectivity index (χ0n) is 9.50. The molecule has 0 saturated heterocycles. The molecule has 0 spiro atoms. The second-order valence-corrected chi connectivity index (χ2v) is 3.98. The van der Waals surface area contributed by atoms with Gasteiger partial charge >= 0.3 is 0 Å². The Kier molecular flexibility index (Phi) is 6.21. The van der Waals surface area contributed by atoms with Crippen molar-refractivity contribution in [2.75, 3.05) is 0 Å². The van der Waals surface area contributed by atoms with Crippen molar-refractivity contribution in [1.29, 1.82) is 0 Å². The summed E-state index contributed by atoms with van der Waals surface area (Å²) in [5.41, 5.74) is 0.885. The molecular weight excluding hydrogens is 178 g/mol. The highest BCUT2D eigenvalue weighted by atomic mass is 16.3. The van der Waals surface area contributed by atoms with Crippen LogP contribution in [0.2, 0.25) is 0 Å². The molecule has 0 aliphatic rings. The maximum atomic E-state index is 11.3. The molecule has 0 heterocycles. The molecule has 0 aromatic rings. The lowest BCUT2D eigenvalue weighted by molar-refractivity contribution is -0.115. The summed E-state index contributed by atoms with van der Waals surface area (Å²) in [6.45, 7) is 7.62. The van der Waals surface area contributed by atoms with Gasteiger partial charge in [-0.25, -0.2) is 0 Å². The number of carbonyl (C=O) groups is 1. The van der Waals surface area contributed by atoms with Gasteiger partial charge in [-0.05, 0) is 40.2 Å². The highest BCUT2D eigenvalue weighted by Crippen LogP contribution is 2.00. The van der Waals surface area contributed by atoms with Crippen LogP contribution in [-0.2, 0) is 4.79 Å². The zero-order valence-corrected chi connectivity index (χ0v) is 9.50. The van der Waals surface area contributed by atoms with Crippen LogP contribution in [-0.4, -0.2) is 23.0 Å². The van der Waals surface area contributed by atoms with Crippen molar-refractivity contribution in [3.63, 3.8) is 0 Å². The number of aliphatic hydroxyl groups excluding tert-OH is 1. The summed E-state index contributed by atoms with van der Waals surface area (Å²) in [6, 6.07) is 0.343. The summed E-state index contributed by atoms with van der Waals surface area (Å²) in [4.78, 5) is 11.3. The average Bonchev–Trinajstić information content (AvgIpc) is 1.98. The maximum absolute atomic E-state index is 11.3. The van der Waals surface area contributed by atoms with E-state index in [9.17, 15) is 4.79 Å². The molecule has 0 radical (unpaired) electrons. The van der Waals surface area contributed by atoms with Crippen LogP contribution in [0.1, 0.15) is 40.5 Å². The number of nitrogens with one attached hydrogen (secondary N) is 1. The summed E-state index contributed by atoms with van der Waals surface area (Å²) in [6.07, 6.45) is 2.15. The molecule has 14 heavy (non-hydrogen) atoms. The topological polar surface area (TPSA) is 49.3 Å². The third kappa shape index (κ3) is 7.80. The van der Waals surface area contributed by atoms with E-state index in [0.717, 1.165) is 5.70 Å². The van der Waals surface area contributed by atoms with Gasteiger partial charge in [0.15, 0.2) is 5.78 Å². The van der Waals surface area contributed by atoms with E-state index in [0.29, 0.717) is 18.9 Å². The number of aliphatic hydroxyl groups is 1. The molecule has 3 heteroatoms. The largest absolute Gasteiger partial charge is 0.393 e. The summed E-state index contributed by atoms with van der Waals surface area (Å²) < 4.78 is 0. The number of hydrogen-bond donors (Lipinski definition) is 2. The standard InChI is InChI=1S/C11H21NO2/c1-8(2)12-9(3)7-11(14)6-5-10(4)13/h7-8,10,12-13H,5-6H2,1-4H3/b9-7-. The molecule has 2 N–H and O–H groups in total. The normalized spacial score (nSPS) is 14.3. The Labute approximate surface area is 86.2 Å². The van der Waals surface area contributed by atoms with E-state index in [1.807, 2.05) is 20.8 Å². The smallest absolute Gasteiger partial charge is 0.157 e. The van der Waals surface area contributed by atoms with Crippen molar-refractivity contribution in [3.05, 3.63) is 11.8 Å². The third-order valence-corrected chi connectivity index (χ3v) is 1.70. The van der Waals surface area contributed by atoms with Crippen LogP contribution < -0.4 is 5.32 Å². The molecule has 0 aromatic carbocycles. The Morgan fingerprint density at radius 1 is 1.43 bits per heavy atom. The number of ketones is 1. The molecule has 82 valence electrons. The Hall–Kier alpha value is -0.830. The Bertz CT molecular complexity index is 207. The van der Waals surface area contributed by atoms with Gasteiger partial charge in [0.1, 0.15) is 0 Å². The fourth-order valence-electron chi connectivity index (χ4n) is 1.16. The average molecular weight is 199 g/mol. The van der Waals surface area contributed by atoms with E-state index in [-0.39, 0.29) is 5.78 Å². The summed E-state index contributed by atoms with van der Waals surface area (Å²) in [7, 11) is 0. The molecule has 0 aliphatic carbocycles. The van der Waals surface area contributed by atoms with Crippen LogP contribution in [0.5, 0.6) is 0 Å². The molecule has 0 bridgehead atoms. The van der Waals surface area contributed by atoms with Crippen LogP contribution in [0.15, 0.2) is 11.8 Å². The Balaban J connectivity index is 3.90. The van der Waals surface area contributed by atoms with Crippen LogP contribution in [0.25, 0.3) is 0 Å². The van der Waals surface area contributed by atoms with Crippen molar-refractivity contribution in [2.45, 2.75) is 52.7 Å². The Morgan fingerprint density at radius 2 is 2.00 bits per heavy atom. The first-order valence-corrected chi connectivity index (χ1v) is 5.07. The van der Waals surface area contributed by atoms with E-state index in [4.69, 9.17) is 5.11 Å². The molecule has 0 saturated carbocycles. The van der Waals surface area contributed by atoms with Crippen molar-refractivity contribution < 1.29 is 9.90 Å². The zero-order chi connectivity index (χ0) is 11.1. The van der Waals surface area contributed by atoms with E-state index >= 15 is 0 Å². The van der Waals surface area contributed by atoms with Gasteiger partial charge in [-0.3, -0.25) is 4.79 Å². The first-order valence-electron chi connectivity index (χ1n) is 5.07. The van der Waals surface area contributed by atoms with Crippen LogP contribution in [0.3, 0.4) is 0 Å². The lowest BCUT2D eigenvalue weighted by atomic mass is 10.1. The van der Waals surface area contributed by atoms with Crippen molar-refractivity contribution in [2.24, 2.45) is 0 Å². The summed E-state index contributed by atoms with van der Waals surface area (Å²) in [5, 5.41) is 12.1. The molecule has 1 unspecified atom stereocenters. The minimum Gasteiger partial charge on any atom is -0.393 e. The molecular formula is C11H21NO2. The summed E-state index contributed by atoms with van der Waals surface area (Å²) >= 11 is 0. The van der Waals surface area contributed by atoms with E-state index < -0.39 is 6.10 Å². The molecule has 0 amide bonds. The molecule has 1 atom stereocenters.